The fourth-order valence-electron chi connectivity index (χ4n) is 3.77. The maximum Gasteiger partial charge on any atom is 0.261 e. The largest absolute Gasteiger partial charge is 0.370 e. The molecule has 1 aliphatic heterocycles. The molecular weight excluding hydrogens is 376 g/mol. The molecule has 1 aliphatic rings. The number of halogens is 1. The molecule has 1 aromatic heterocycles. The highest BCUT2D eigenvalue weighted by atomic mass is 35.5. The number of benzene rings is 2. The van der Waals surface area contributed by atoms with Gasteiger partial charge in [0.15, 0.2) is 0 Å². The number of rotatable bonds is 2. The van der Waals surface area contributed by atoms with E-state index in [-0.39, 0.29) is 23.1 Å². The molecular formula is C22H21ClN2O3. The molecule has 6 heteroatoms. The van der Waals surface area contributed by atoms with Crippen molar-refractivity contribution in [3.63, 3.8) is 0 Å². The number of fused-ring (bicyclic) bond motifs is 1. The Morgan fingerprint density at radius 3 is 2.79 bits per heavy atom. The quantitative estimate of drug-likeness (QED) is 0.711. The van der Waals surface area contributed by atoms with Crippen molar-refractivity contribution in [3.8, 4) is 0 Å². The number of carbonyl (C=O) groups is 1. The van der Waals surface area contributed by atoms with E-state index >= 15 is 0 Å². The molecule has 0 saturated carbocycles. The Morgan fingerprint density at radius 2 is 2.00 bits per heavy atom. The number of carbonyl (C=O) groups excluding carboxylic acids is 1. The van der Waals surface area contributed by atoms with Crippen molar-refractivity contribution in [2.45, 2.75) is 20.0 Å². The lowest BCUT2D eigenvalue weighted by Crippen LogP contribution is -2.43. The Balaban J connectivity index is 1.66. The van der Waals surface area contributed by atoms with Gasteiger partial charge in [-0.15, -0.1) is 0 Å². The third-order valence-electron chi connectivity index (χ3n) is 5.13. The lowest BCUT2D eigenvalue weighted by Gasteiger charge is -2.33. The van der Waals surface area contributed by atoms with Gasteiger partial charge in [-0.3, -0.25) is 9.59 Å². The minimum Gasteiger partial charge on any atom is -0.370 e. The minimum absolute atomic E-state index is 0.150. The van der Waals surface area contributed by atoms with Crippen LogP contribution < -0.4 is 5.56 Å². The molecule has 0 aliphatic carbocycles. The van der Waals surface area contributed by atoms with E-state index in [2.05, 4.69) is 4.98 Å². The number of ether oxygens (including phenoxy) is 1. The number of nitrogens with one attached hydrogen (secondary N) is 1. The monoisotopic (exact) mass is 396 g/mol. The van der Waals surface area contributed by atoms with Crippen LogP contribution in [0.25, 0.3) is 10.9 Å². The van der Waals surface area contributed by atoms with E-state index in [9.17, 15) is 9.59 Å². The van der Waals surface area contributed by atoms with Crippen LogP contribution in [0.3, 0.4) is 0 Å². The molecule has 1 amide bonds. The fourth-order valence-corrected chi connectivity index (χ4v) is 4.03. The molecule has 2 heterocycles. The summed E-state index contributed by atoms with van der Waals surface area (Å²) in [6.45, 7) is 5.13. The zero-order chi connectivity index (χ0) is 19.8. The zero-order valence-electron chi connectivity index (χ0n) is 15.8. The summed E-state index contributed by atoms with van der Waals surface area (Å²) >= 11 is 6.28. The second-order valence-electron chi connectivity index (χ2n) is 7.19. The molecule has 144 valence electrons. The Kier molecular flexibility index (Phi) is 4.96. The van der Waals surface area contributed by atoms with Gasteiger partial charge in [0.25, 0.3) is 11.5 Å². The maximum absolute atomic E-state index is 13.1. The number of hydrogen-bond donors (Lipinski definition) is 1. The van der Waals surface area contributed by atoms with E-state index in [1.807, 2.05) is 44.2 Å². The van der Waals surface area contributed by atoms with Crippen LogP contribution >= 0.6 is 11.6 Å². The summed E-state index contributed by atoms with van der Waals surface area (Å²) in [7, 11) is 0. The van der Waals surface area contributed by atoms with Gasteiger partial charge in [-0.25, -0.2) is 0 Å². The zero-order valence-corrected chi connectivity index (χ0v) is 16.5. The van der Waals surface area contributed by atoms with Gasteiger partial charge in [0.2, 0.25) is 0 Å². The Labute approximate surface area is 167 Å². The van der Waals surface area contributed by atoms with Crippen LogP contribution in [0, 0.1) is 13.8 Å². The van der Waals surface area contributed by atoms with Gasteiger partial charge in [-0.2, -0.15) is 0 Å². The van der Waals surface area contributed by atoms with E-state index in [4.69, 9.17) is 16.3 Å². The fraction of sp³-hybridized carbons (Fsp3) is 0.273. The van der Waals surface area contributed by atoms with Gasteiger partial charge in [0.05, 0.1) is 18.7 Å². The summed E-state index contributed by atoms with van der Waals surface area (Å²) in [5.74, 6) is -0.289. The number of morpholine rings is 1. The first kappa shape index (κ1) is 18.7. The second kappa shape index (κ2) is 7.41. The third-order valence-corrected chi connectivity index (χ3v) is 5.47. The van der Waals surface area contributed by atoms with E-state index in [0.717, 1.165) is 27.6 Å². The first-order valence-electron chi connectivity index (χ1n) is 9.23. The van der Waals surface area contributed by atoms with Crippen LogP contribution in [0.4, 0.5) is 0 Å². The number of nitrogens with zero attached hydrogens (tertiary/aromatic N) is 1. The standard InChI is InChI=1S/C22H21ClN2O3/c1-13-9-14(2)20-15(10-13)11-17(21(26)24-20)22(27)25-7-8-28-19(12-25)16-5-3-4-6-18(16)23/h3-6,9-11,19H,7-8,12H2,1-2H3,(H,24,26). The SMILES string of the molecule is Cc1cc(C)c2[nH]c(=O)c(C(=O)N3CCOC(c4ccccc4Cl)C3)cc2c1. The average molecular weight is 397 g/mol. The molecule has 5 nitrogen and oxygen atoms in total. The second-order valence-corrected chi connectivity index (χ2v) is 7.60. The lowest BCUT2D eigenvalue weighted by molar-refractivity contribution is -0.0228. The number of hydrogen-bond acceptors (Lipinski definition) is 3. The Hall–Kier alpha value is -2.63. The van der Waals surface area contributed by atoms with Crippen LogP contribution in [-0.4, -0.2) is 35.5 Å². The first-order valence-corrected chi connectivity index (χ1v) is 9.61. The number of amides is 1. The molecule has 1 saturated heterocycles. The van der Waals surface area contributed by atoms with E-state index in [0.29, 0.717) is 24.7 Å². The summed E-state index contributed by atoms with van der Waals surface area (Å²) in [6.07, 6.45) is -0.310. The van der Waals surface area contributed by atoms with Crippen LogP contribution in [0.2, 0.25) is 5.02 Å². The number of H-pyrrole nitrogens is 1. The van der Waals surface area contributed by atoms with Gasteiger partial charge in [0, 0.05) is 17.1 Å². The average Bonchev–Trinajstić information content (AvgIpc) is 2.68. The molecule has 1 fully saturated rings. The molecule has 1 unspecified atom stereocenters. The highest BCUT2D eigenvalue weighted by Gasteiger charge is 2.28. The molecule has 1 N–H and O–H groups in total. The number of aryl methyl sites for hydroxylation is 2. The van der Waals surface area contributed by atoms with Gasteiger partial charge >= 0.3 is 0 Å². The maximum atomic E-state index is 13.1. The van der Waals surface area contributed by atoms with Crippen LogP contribution in [0.1, 0.15) is 33.2 Å². The first-order chi connectivity index (χ1) is 13.4. The van der Waals surface area contributed by atoms with Crippen LogP contribution in [0.15, 0.2) is 47.3 Å². The lowest BCUT2D eigenvalue weighted by atomic mass is 10.0. The molecule has 1 atom stereocenters. The molecule has 3 aromatic rings. The van der Waals surface area contributed by atoms with Crippen molar-refractivity contribution in [1.29, 1.82) is 0 Å². The summed E-state index contributed by atoms with van der Waals surface area (Å²) in [4.78, 5) is 30.3. The molecule has 4 rings (SSSR count). The van der Waals surface area contributed by atoms with Crippen molar-refractivity contribution in [2.75, 3.05) is 19.7 Å². The number of pyridine rings is 1. The summed E-state index contributed by atoms with van der Waals surface area (Å²) in [5, 5.41) is 1.47. The van der Waals surface area contributed by atoms with Crippen LogP contribution in [-0.2, 0) is 4.74 Å². The molecule has 2 aromatic carbocycles. The number of aromatic nitrogens is 1. The Bertz CT molecular complexity index is 1120. The summed E-state index contributed by atoms with van der Waals surface area (Å²) in [5.41, 5.74) is 3.46. The van der Waals surface area contributed by atoms with E-state index in [1.165, 1.54) is 0 Å². The predicted octanol–water partition coefficient (Wildman–Crippen LogP) is 4.01. The smallest absolute Gasteiger partial charge is 0.261 e. The molecule has 0 radical (unpaired) electrons. The van der Waals surface area contributed by atoms with E-state index in [1.54, 1.807) is 17.0 Å². The summed E-state index contributed by atoms with van der Waals surface area (Å²) < 4.78 is 5.83. The highest BCUT2D eigenvalue weighted by molar-refractivity contribution is 6.31. The molecule has 28 heavy (non-hydrogen) atoms. The molecule has 0 bridgehead atoms. The van der Waals surface area contributed by atoms with Crippen molar-refractivity contribution < 1.29 is 9.53 Å². The Morgan fingerprint density at radius 1 is 1.21 bits per heavy atom. The third kappa shape index (κ3) is 3.43. The van der Waals surface area contributed by atoms with Crippen molar-refractivity contribution in [1.82, 2.24) is 9.88 Å². The van der Waals surface area contributed by atoms with Crippen molar-refractivity contribution in [3.05, 3.63) is 80.1 Å². The summed E-state index contributed by atoms with van der Waals surface area (Å²) in [6, 6.07) is 13.1. The van der Waals surface area contributed by atoms with Gasteiger partial charge in [-0.05, 0) is 43.0 Å². The van der Waals surface area contributed by atoms with Crippen molar-refractivity contribution in [2.24, 2.45) is 0 Å². The topological polar surface area (TPSA) is 62.4 Å². The minimum atomic E-state index is -0.370. The van der Waals surface area contributed by atoms with Gasteiger partial charge in [-0.1, -0.05) is 41.4 Å². The van der Waals surface area contributed by atoms with Gasteiger partial charge < -0.3 is 14.6 Å². The van der Waals surface area contributed by atoms with Crippen molar-refractivity contribution >= 4 is 28.4 Å². The highest BCUT2D eigenvalue weighted by Crippen LogP contribution is 2.29. The van der Waals surface area contributed by atoms with Crippen LogP contribution in [0.5, 0.6) is 0 Å². The predicted molar refractivity (Wildman–Crippen MR) is 110 cm³/mol. The van der Waals surface area contributed by atoms with Gasteiger partial charge in [0.1, 0.15) is 11.7 Å². The number of aromatic amines is 1. The normalized spacial score (nSPS) is 17.1. The molecule has 0 spiro atoms. The van der Waals surface area contributed by atoms with E-state index < -0.39 is 0 Å².